The Morgan fingerprint density at radius 2 is 1.96 bits per heavy atom. The summed E-state index contributed by atoms with van der Waals surface area (Å²) in [7, 11) is 1.71. The van der Waals surface area contributed by atoms with Crippen LogP contribution in [0.3, 0.4) is 0 Å². The Morgan fingerprint density at radius 3 is 2.67 bits per heavy atom. The number of aryl methyl sites for hydroxylation is 1. The number of nitrogens with zero attached hydrogens (tertiary/aromatic N) is 3. The lowest BCUT2D eigenvalue weighted by atomic mass is 10.2. The number of aromatic nitrogens is 2. The van der Waals surface area contributed by atoms with Crippen LogP contribution in [0.25, 0.3) is 11.4 Å². The van der Waals surface area contributed by atoms with Gasteiger partial charge in [0.2, 0.25) is 11.7 Å². The number of carbonyl (C=O) groups is 1. The molecule has 3 rings (SSSR count). The molecule has 0 spiro atoms. The number of carbonyl (C=O) groups excluding carboxylic acids is 1. The van der Waals surface area contributed by atoms with Gasteiger partial charge in [0.05, 0.1) is 6.54 Å². The Hall–Kier alpha value is -3.15. The molecule has 1 atom stereocenters. The van der Waals surface area contributed by atoms with Crippen LogP contribution >= 0.6 is 0 Å². The van der Waals surface area contributed by atoms with Crippen LogP contribution in [-0.4, -0.2) is 34.1 Å². The van der Waals surface area contributed by atoms with E-state index in [9.17, 15) is 4.79 Å². The Bertz CT molecular complexity index is 892. The summed E-state index contributed by atoms with van der Waals surface area (Å²) >= 11 is 0. The van der Waals surface area contributed by atoms with Crippen molar-refractivity contribution in [2.75, 3.05) is 7.05 Å². The third kappa shape index (κ3) is 4.73. The number of rotatable bonds is 7. The van der Waals surface area contributed by atoms with Crippen molar-refractivity contribution in [1.82, 2.24) is 15.0 Å². The number of ether oxygens (including phenoxy) is 1. The lowest BCUT2D eigenvalue weighted by molar-refractivity contribution is -0.138. The molecule has 0 saturated carbocycles. The maximum absolute atomic E-state index is 12.8. The van der Waals surface area contributed by atoms with Crippen molar-refractivity contribution in [3.63, 3.8) is 0 Å². The summed E-state index contributed by atoms with van der Waals surface area (Å²) in [6.45, 7) is 4.14. The fraction of sp³-hybridized carbons (Fsp3) is 0.286. The molecular weight excluding hydrogens is 342 g/mol. The molecule has 0 saturated heterocycles. The van der Waals surface area contributed by atoms with Crippen molar-refractivity contribution in [1.29, 1.82) is 0 Å². The molecule has 1 amide bonds. The zero-order chi connectivity index (χ0) is 19.2. The van der Waals surface area contributed by atoms with Crippen LogP contribution in [0.4, 0.5) is 0 Å². The van der Waals surface area contributed by atoms with Gasteiger partial charge in [-0.2, -0.15) is 4.98 Å². The number of amides is 1. The largest absolute Gasteiger partial charge is 0.481 e. The summed E-state index contributed by atoms with van der Waals surface area (Å²) in [5, 5.41) is 3.99. The first-order valence-electron chi connectivity index (χ1n) is 8.93. The summed E-state index contributed by atoms with van der Waals surface area (Å²) in [5.74, 6) is 1.45. The van der Waals surface area contributed by atoms with Gasteiger partial charge < -0.3 is 14.2 Å². The third-order valence-corrected chi connectivity index (χ3v) is 4.16. The lowest BCUT2D eigenvalue weighted by Crippen LogP contribution is -2.39. The molecule has 1 heterocycles. The summed E-state index contributed by atoms with van der Waals surface area (Å²) in [5.41, 5.74) is 1.96. The average Bonchev–Trinajstić information content (AvgIpc) is 3.15. The van der Waals surface area contributed by atoms with Gasteiger partial charge in [-0.25, -0.2) is 0 Å². The zero-order valence-corrected chi connectivity index (χ0v) is 15.8. The summed E-state index contributed by atoms with van der Waals surface area (Å²) in [6.07, 6.45) is 0.00394. The molecular formula is C21H23N3O3. The van der Waals surface area contributed by atoms with Gasteiger partial charge in [-0.3, -0.25) is 4.79 Å². The van der Waals surface area contributed by atoms with Crippen LogP contribution in [-0.2, 0) is 11.3 Å². The van der Waals surface area contributed by atoms with E-state index in [-0.39, 0.29) is 12.5 Å². The highest BCUT2D eigenvalue weighted by atomic mass is 16.5. The van der Waals surface area contributed by atoms with Gasteiger partial charge in [-0.05, 0) is 31.0 Å². The summed E-state index contributed by atoms with van der Waals surface area (Å²) in [6, 6.07) is 17.2. The molecule has 140 valence electrons. The minimum Gasteiger partial charge on any atom is -0.481 e. The summed E-state index contributed by atoms with van der Waals surface area (Å²) in [4.78, 5) is 18.7. The van der Waals surface area contributed by atoms with Crippen molar-refractivity contribution in [3.8, 4) is 17.1 Å². The van der Waals surface area contributed by atoms with E-state index in [2.05, 4.69) is 10.1 Å². The molecule has 0 aliphatic carbocycles. The molecule has 0 radical (unpaired) electrons. The standard InChI is InChI=1S/C21H23N3O3/c1-4-18(26-17-12-8-9-15(2)13-17)21(25)24(3)14-19-22-20(23-27-19)16-10-6-5-7-11-16/h5-13,18H,4,14H2,1-3H3/t18-/m0/s1. The van der Waals surface area contributed by atoms with E-state index in [4.69, 9.17) is 9.26 Å². The second-order valence-corrected chi connectivity index (χ2v) is 6.40. The van der Waals surface area contributed by atoms with Crippen LogP contribution in [0.1, 0.15) is 24.8 Å². The monoisotopic (exact) mass is 365 g/mol. The van der Waals surface area contributed by atoms with Crippen molar-refractivity contribution in [2.45, 2.75) is 32.9 Å². The van der Waals surface area contributed by atoms with Crippen LogP contribution < -0.4 is 4.74 Å². The topological polar surface area (TPSA) is 68.5 Å². The quantitative estimate of drug-likeness (QED) is 0.636. The molecule has 27 heavy (non-hydrogen) atoms. The van der Waals surface area contributed by atoms with Gasteiger partial charge in [0.25, 0.3) is 5.91 Å². The van der Waals surface area contributed by atoms with Crippen LogP contribution in [0.2, 0.25) is 0 Å². The van der Waals surface area contributed by atoms with E-state index in [0.29, 0.717) is 23.9 Å². The molecule has 3 aromatic rings. The van der Waals surface area contributed by atoms with Gasteiger partial charge in [-0.15, -0.1) is 0 Å². The highest BCUT2D eigenvalue weighted by Gasteiger charge is 2.24. The fourth-order valence-corrected chi connectivity index (χ4v) is 2.71. The van der Waals surface area contributed by atoms with E-state index in [0.717, 1.165) is 11.1 Å². The van der Waals surface area contributed by atoms with Crippen molar-refractivity contribution in [2.24, 2.45) is 0 Å². The van der Waals surface area contributed by atoms with Gasteiger partial charge in [-0.1, -0.05) is 54.5 Å². The van der Waals surface area contributed by atoms with Crippen LogP contribution in [0.15, 0.2) is 59.1 Å². The maximum atomic E-state index is 12.8. The molecule has 0 aliphatic heterocycles. The highest BCUT2D eigenvalue weighted by molar-refractivity contribution is 5.80. The second-order valence-electron chi connectivity index (χ2n) is 6.40. The van der Waals surface area contributed by atoms with Crippen molar-refractivity contribution in [3.05, 3.63) is 66.1 Å². The molecule has 6 heteroatoms. The Morgan fingerprint density at radius 1 is 1.19 bits per heavy atom. The first-order valence-corrected chi connectivity index (χ1v) is 8.93. The molecule has 0 aliphatic rings. The van der Waals surface area contributed by atoms with Crippen molar-refractivity contribution >= 4 is 5.91 Å². The first kappa shape index (κ1) is 18.6. The van der Waals surface area contributed by atoms with Gasteiger partial charge in [0.15, 0.2) is 6.10 Å². The fourth-order valence-electron chi connectivity index (χ4n) is 2.71. The van der Waals surface area contributed by atoms with Crippen LogP contribution in [0, 0.1) is 6.92 Å². The van der Waals surface area contributed by atoms with E-state index in [1.54, 1.807) is 11.9 Å². The predicted octanol–water partition coefficient (Wildman–Crippen LogP) is 3.86. The minimum atomic E-state index is -0.562. The normalized spacial score (nSPS) is 11.8. The molecule has 1 aromatic heterocycles. The Kier molecular flexibility index (Phi) is 5.86. The first-order chi connectivity index (χ1) is 13.1. The SMILES string of the molecule is CC[C@H](Oc1cccc(C)c1)C(=O)N(C)Cc1nc(-c2ccccc2)no1. The van der Waals surface area contributed by atoms with Gasteiger partial charge in [0.1, 0.15) is 5.75 Å². The predicted molar refractivity (Wildman–Crippen MR) is 102 cm³/mol. The van der Waals surface area contributed by atoms with Gasteiger partial charge >= 0.3 is 0 Å². The number of benzene rings is 2. The number of hydrogen-bond acceptors (Lipinski definition) is 5. The number of likely N-dealkylation sites (N-methyl/N-ethyl adjacent to an activating group) is 1. The van der Waals surface area contributed by atoms with E-state index < -0.39 is 6.10 Å². The zero-order valence-electron chi connectivity index (χ0n) is 15.8. The Balaban J connectivity index is 1.65. The molecule has 0 bridgehead atoms. The van der Waals surface area contributed by atoms with E-state index in [1.807, 2.05) is 68.4 Å². The molecule has 0 N–H and O–H groups in total. The maximum Gasteiger partial charge on any atom is 0.263 e. The Labute approximate surface area is 158 Å². The highest BCUT2D eigenvalue weighted by Crippen LogP contribution is 2.18. The van der Waals surface area contributed by atoms with Crippen molar-refractivity contribution < 1.29 is 14.1 Å². The molecule has 6 nitrogen and oxygen atoms in total. The minimum absolute atomic E-state index is 0.126. The smallest absolute Gasteiger partial charge is 0.263 e. The molecule has 0 unspecified atom stereocenters. The summed E-state index contributed by atoms with van der Waals surface area (Å²) < 4.78 is 11.2. The molecule has 2 aromatic carbocycles. The lowest BCUT2D eigenvalue weighted by Gasteiger charge is -2.22. The third-order valence-electron chi connectivity index (χ3n) is 4.16. The van der Waals surface area contributed by atoms with Crippen LogP contribution in [0.5, 0.6) is 5.75 Å². The van der Waals surface area contributed by atoms with E-state index in [1.165, 1.54) is 0 Å². The van der Waals surface area contributed by atoms with Gasteiger partial charge in [0, 0.05) is 12.6 Å². The number of hydrogen-bond donors (Lipinski definition) is 0. The molecule has 0 fully saturated rings. The van der Waals surface area contributed by atoms with E-state index >= 15 is 0 Å². The second kappa shape index (κ2) is 8.49. The average molecular weight is 365 g/mol.